The summed E-state index contributed by atoms with van der Waals surface area (Å²) in [5.74, 6) is 1.26. The number of carbonyl (C=O) groups excluding carboxylic acids is 1. The summed E-state index contributed by atoms with van der Waals surface area (Å²) in [7, 11) is 0. The van der Waals surface area contributed by atoms with Crippen molar-refractivity contribution in [3.8, 4) is 0 Å². The van der Waals surface area contributed by atoms with Gasteiger partial charge in [-0.2, -0.15) is 0 Å². The van der Waals surface area contributed by atoms with Crippen molar-refractivity contribution in [1.82, 2.24) is 15.1 Å². The highest BCUT2D eigenvalue weighted by atomic mass is 16.2. The molecule has 3 rings (SSSR count). The van der Waals surface area contributed by atoms with Gasteiger partial charge in [-0.3, -0.25) is 9.69 Å². The lowest BCUT2D eigenvalue weighted by Crippen LogP contribution is -2.51. The molecule has 2 aliphatic carbocycles. The molecule has 0 aromatic rings. The Morgan fingerprint density at radius 2 is 1.76 bits per heavy atom. The van der Waals surface area contributed by atoms with Crippen LogP contribution in [-0.4, -0.2) is 61.0 Å². The van der Waals surface area contributed by atoms with Gasteiger partial charge >= 0.3 is 0 Å². The predicted molar refractivity (Wildman–Crippen MR) is 66.8 cm³/mol. The van der Waals surface area contributed by atoms with E-state index in [0.717, 1.165) is 32.1 Å². The monoisotopic (exact) mass is 237 g/mol. The molecule has 1 saturated heterocycles. The molecule has 1 heterocycles. The van der Waals surface area contributed by atoms with Crippen LogP contribution in [0, 0.1) is 5.92 Å². The van der Waals surface area contributed by atoms with E-state index in [9.17, 15) is 4.79 Å². The van der Waals surface area contributed by atoms with Crippen LogP contribution in [0.5, 0.6) is 0 Å². The van der Waals surface area contributed by atoms with Crippen LogP contribution < -0.4 is 5.32 Å². The Morgan fingerprint density at radius 1 is 1.06 bits per heavy atom. The second-order valence-electron chi connectivity index (χ2n) is 5.78. The van der Waals surface area contributed by atoms with E-state index in [-0.39, 0.29) is 0 Å². The maximum atomic E-state index is 11.9. The molecule has 1 N–H and O–H groups in total. The molecular weight excluding hydrogens is 214 g/mol. The second-order valence-corrected chi connectivity index (χ2v) is 5.78. The zero-order valence-electron chi connectivity index (χ0n) is 10.5. The van der Waals surface area contributed by atoms with Crippen molar-refractivity contribution in [3.63, 3.8) is 0 Å². The zero-order valence-corrected chi connectivity index (χ0v) is 10.5. The molecule has 0 aromatic heterocycles. The van der Waals surface area contributed by atoms with Crippen molar-refractivity contribution in [1.29, 1.82) is 0 Å². The highest BCUT2D eigenvalue weighted by Crippen LogP contribution is 2.29. The van der Waals surface area contributed by atoms with Crippen molar-refractivity contribution in [2.24, 2.45) is 5.92 Å². The molecule has 0 unspecified atom stereocenters. The molecule has 3 fully saturated rings. The second kappa shape index (κ2) is 4.94. The Labute approximate surface area is 103 Å². The van der Waals surface area contributed by atoms with Crippen LogP contribution in [0.1, 0.15) is 25.7 Å². The van der Waals surface area contributed by atoms with Crippen molar-refractivity contribution in [2.45, 2.75) is 31.7 Å². The average Bonchev–Trinajstić information content (AvgIpc) is 3.22. The molecular formula is C13H23N3O. The number of carbonyl (C=O) groups is 1. The van der Waals surface area contributed by atoms with Gasteiger partial charge in [-0.25, -0.2) is 0 Å². The number of hydrogen-bond acceptors (Lipinski definition) is 3. The predicted octanol–water partition coefficient (Wildman–Crippen LogP) is 0.293. The standard InChI is InChI=1S/C13H23N3O/c17-13(9-14-12-3-4-12)16-7-5-15(6-8-16)10-11-1-2-11/h11-12,14H,1-10H2. The lowest BCUT2D eigenvalue weighted by molar-refractivity contribution is -0.132. The van der Waals surface area contributed by atoms with Gasteiger partial charge in [0.25, 0.3) is 0 Å². The fraction of sp³-hybridized carbons (Fsp3) is 0.923. The van der Waals surface area contributed by atoms with E-state index in [4.69, 9.17) is 0 Å². The third-order valence-corrected chi connectivity index (χ3v) is 4.06. The maximum absolute atomic E-state index is 11.9. The summed E-state index contributed by atoms with van der Waals surface area (Å²) in [6, 6.07) is 0.634. The Hall–Kier alpha value is -0.610. The highest BCUT2D eigenvalue weighted by molar-refractivity contribution is 5.78. The van der Waals surface area contributed by atoms with Crippen molar-refractivity contribution in [2.75, 3.05) is 39.3 Å². The molecule has 4 nitrogen and oxygen atoms in total. The molecule has 1 aliphatic heterocycles. The largest absolute Gasteiger partial charge is 0.339 e. The lowest BCUT2D eigenvalue weighted by Gasteiger charge is -2.34. The van der Waals surface area contributed by atoms with Crippen LogP contribution in [-0.2, 0) is 4.79 Å². The zero-order chi connectivity index (χ0) is 11.7. The summed E-state index contributed by atoms with van der Waals surface area (Å²) in [6.45, 7) is 5.82. The lowest BCUT2D eigenvalue weighted by atomic mass is 10.2. The summed E-state index contributed by atoms with van der Waals surface area (Å²) in [4.78, 5) is 16.5. The molecule has 0 bridgehead atoms. The fourth-order valence-electron chi connectivity index (χ4n) is 2.48. The van der Waals surface area contributed by atoms with E-state index in [1.165, 1.54) is 32.2 Å². The van der Waals surface area contributed by atoms with Gasteiger partial charge in [0.1, 0.15) is 0 Å². The Balaban J connectivity index is 1.35. The number of nitrogens with zero attached hydrogens (tertiary/aromatic N) is 2. The van der Waals surface area contributed by atoms with Crippen LogP contribution in [0.15, 0.2) is 0 Å². The molecule has 0 spiro atoms. The molecule has 0 radical (unpaired) electrons. The SMILES string of the molecule is O=C(CNC1CC1)N1CCN(CC2CC2)CC1. The van der Waals surface area contributed by atoms with Gasteiger partial charge < -0.3 is 10.2 Å². The van der Waals surface area contributed by atoms with E-state index in [0.29, 0.717) is 18.5 Å². The van der Waals surface area contributed by atoms with Crippen LogP contribution in [0.25, 0.3) is 0 Å². The van der Waals surface area contributed by atoms with Crippen LogP contribution in [0.4, 0.5) is 0 Å². The quantitative estimate of drug-likeness (QED) is 0.746. The van der Waals surface area contributed by atoms with Gasteiger partial charge in [0.15, 0.2) is 0 Å². The number of piperazine rings is 1. The summed E-state index contributed by atoms with van der Waals surface area (Å²) in [6.07, 6.45) is 5.35. The van der Waals surface area contributed by atoms with Gasteiger partial charge in [0.05, 0.1) is 6.54 Å². The first-order valence-corrected chi connectivity index (χ1v) is 7.05. The summed E-state index contributed by atoms with van der Waals surface area (Å²) >= 11 is 0. The molecule has 2 saturated carbocycles. The first-order chi connectivity index (χ1) is 8.31. The third kappa shape index (κ3) is 3.42. The van der Waals surface area contributed by atoms with E-state index >= 15 is 0 Å². The van der Waals surface area contributed by atoms with Gasteiger partial charge in [0.2, 0.25) is 5.91 Å². The fourth-order valence-corrected chi connectivity index (χ4v) is 2.48. The minimum atomic E-state index is 0.294. The van der Waals surface area contributed by atoms with Gasteiger partial charge in [-0.1, -0.05) is 0 Å². The molecule has 4 heteroatoms. The molecule has 96 valence electrons. The van der Waals surface area contributed by atoms with Crippen molar-refractivity contribution in [3.05, 3.63) is 0 Å². The molecule has 1 amide bonds. The minimum absolute atomic E-state index is 0.294. The number of nitrogens with one attached hydrogen (secondary N) is 1. The Kier molecular flexibility index (Phi) is 3.34. The van der Waals surface area contributed by atoms with Crippen LogP contribution >= 0.6 is 0 Å². The Bertz CT molecular complexity index is 278. The van der Waals surface area contributed by atoms with Crippen molar-refractivity contribution < 1.29 is 4.79 Å². The van der Waals surface area contributed by atoms with Crippen LogP contribution in [0.2, 0.25) is 0 Å². The third-order valence-electron chi connectivity index (χ3n) is 4.06. The van der Waals surface area contributed by atoms with E-state index < -0.39 is 0 Å². The Morgan fingerprint density at radius 3 is 2.35 bits per heavy atom. The topological polar surface area (TPSA) is 35.6 Å². The maximum Gasteiger partial charge on any atom is 0.236 e. The molecule has 17 heavy (non-hydrogen) atoms. The molecule has 0 atom stereocenters. The van der Waals surface area contributed by atoms with E-state index in [1.807, 2.05) is 4.90 Å². The number of hydrogen-bond donors (Lipinski definition) is 1. The first kappa shape index (κ1) is 11.5. The number of rotatable bonds is 5. The van der Waals surface area contributed by atoms with Crippen LogP contribution in [0.3, 0.4) is 0 Å². The van der Waals surface area contributed by atoms with E-state index in [1.54, 1.807) is 0 Å². The van der Waals surface area contributed by atoms with Gasteiger partial charge in [0, 0.05) is 38.8 Å². The normalized spacial score (nSPS) is 26.2. The van der Waals surface area contributed by atoms with Gasteiger partial charge in [-0.15, -0.1) is 0 Å². The summed E-state index contributed by atoms with van der Waals surface area (Å²) in [5, 5.41) is 3.30. The highest BCUT2D eigenvalue weighted by Gasteiger charge is 2.28. The number of amides is 1. The van der Waals surface area contributed by atoms with Gasteiger partial charge in [-0.05, 0) is 31.6 Å². The molecule has 3 aliphatic rings. The minimum Gasteiger partial charge on any atom is -0.339 e. The first-order valence-electron chi connectivity index (χ1n) is 7.05. The van der Waals surface area contributed by atoms with E-state index in [2.05, 4.69) is 10.2 Å². The average molecular weight is 237 g/mol. The summed E-state index contributed by atoms with van der Waals surface area (Å²) < 4.78 is 0. The smallest absolute Gasteiger partial charge is 0.236 e. The summed E-state index contributed by atoms with van der Waals surface area (Å²) in [5.41, 5.74) is 0. The molecule has 0 aromatic carbocycles. The van der Waals surface area contributed by atoms with Crippen molar-refractivity contribution >= 4 is 5.91 Å².